The van der Waals surface area contributed by atoms with Gasteiger partial charge >= 0.3 is 6.09 Å². The molecule has 2 aromatic carbocycles. The molecule has 1 aromatic heterocycles. The van der Waals surface area contributed by atoms with Crippen LogP contribution in [0, 0.1) is 23.7 Å². The maximum Gasteiger partial charge on any atom is 0.408 e. The number of amides is 2. The van der Waals surface area contributed by atoms with E-state index in [1.807, 2.05) is 54.6 Å². The van der Waals surface area contributed by atoms with Crippen LogP contribution in [0.5, 0.6) is 0 Å². The van der Waals surface area contributed by atoms with Gasteiger partial charge in [0.15, 0.2) is 4.67 Å². The van der Waals surface area contributed by atoms with Crippen LogP contribution in [0.15, 0.2) is 63.7 Å². The fraction of sp³-hybridized carbons (Fsp3) is 0.484. The highest BCUT2D eigenvalue weighted by Gasteiger charge is 2.50. The number of hydrogen-bond donors (Lipinski definition) is 2. The van der Waals surface area contributed by atoms with Crippen molar-refractivity contribution in [1.82, 2.24) is 10.6 Å². The van der Waals surface area contributed by atoms with Crippen molar-refractivity contribution in [2.45, 2.75) is 63.5 Å². The Balaban J connectivity index is 1.19. The minimum Gasteiger partial charge on any atom is -0.449 e. The lowest BCUT2D eigenvalue weighted by atomic mass is 9.55. The Labute approximate surface area is 232 Å². The number of rotatable bonds is 8. The largest absolute Gasteiger partial charge is 0.449 e. The number of alkyl carbamates (subject to hydrolysis) is 1. The molecule has 6 nitrogen and oxygen atoms in total. The maximum absolute atomic E-state index is 13.7. The van der Waals surface area contributed by atoms with Gasteiger partial charge in [0.1, 0.15) is 17.2 Å². The van der Waals surface area contributed by atoms with Crippen LogP contribution in [0.4, 0.5) is 4.79 Å². The zero-order chi connectivity index (χ0) is 26.3. The zero-order valence-corrected chi connectivity index (χ0v) is 23.3. The maximum atomic E-state index is 13.7. The zero-order valence-electron chi connectivity index (χ0n) is 21.8. The van der Waals surface area contributed by atoms with Crippen LogP contribution in [-0.4, -0.2) is 30.2 Å². The SMILES string of the molecule is CC(Cc1c(Br)oc2ccccc12)(NC(=O)OC1C2CC3CC(C2)CC1C3)C(=O)NCCc1ccccc1. The first-order valence-corrected chi connectivity index (χ1v) is 14.6. The molecule has 1 unspecified atom stereocenters. The highest BCUT2D eigenvalue weighted by atomic mass is 79.9. The van der Waals surface area contributed by atoms with Crippen molar-refractivity contribution < 1.29 is 18.7 Å². The van der Waals surface area contributed by atoms with E-state index in [4.69, 9.17) is 9.15 Å². The molecule has 4 saturated carbocycles. The number of para-hydroxylation sites is 1. The third-order valence-corrected chi connectivity index (χ3v) is 9.62. The first-order chi connectivity index (χ1) is 18.4. The summed E-state index contributed by atoms with van der Waals surface area (Å²) in [5.74, 6) is 2.26. The van der Waals surface area contributed by atoms with Gasteiger partial charge in [-0.15, -0.1) is 0 Å². The summed E-state index contributed by atoms with van der Waals surface area (Å²) in [5.41, 5.74) is 1.50. The molecule has 1 heterocycles. The molecule has 7 rings (SSSR count). The molecule has 0 spiro atoms. The lowest BCUT2D eigenvalue weighted by Crippen LogP contribution is -2.60. The number of furan rings is 1. The minimum absolute atomic E-state index is 0.0466. The molecule has 0 aliphatic heterocycles. The highest BCUT2D eigenvalue weighted by molar-refractivity contribution is 9.10. The number of halogens is 1. The average Bonchev–Trinajstić information content (AvgIpc) is 3.20. The summed E-state index contributed by atoms with van der Waals surface area (Å²) in [5, 5.41) is 6.97. The fourth-order valence-electron chi connectivity index (χ4n) is 7.37. The molecule has 4 aliphatic rings. The van der Waals surface area contributed by atoms with Crippen molar-refractivity contribution in [2.24, 2.45) is 23.7 Å². The average molecular weight is 580 g/mol. The number of hydrogen-bond acceptors (Lipinski definition) is 4. The summed E-state index contributed by atoms with van der Waals surface area (Å²) >= 11 is 3.54. The van der Waals surface area contributed by atoms with Crippen molar-refractivity contribution >= 4 is 38.9 Å². The Morgan fingerprint density at radius 1 is 0.974 bits per heavy atom. The first-order valence-electron chi connectivity index (χ1n) is 13.8. The molecule has 200 valence electrons. The van der Waals surface area contributed by atoms with Crippen LogP contribution in [0.3, 0.4) is 0 Å². The Hall–Kier alpha value is -2.80. The number of fused-ring (bicyclic) bond motifs is 1. The lowest BCUT2D eigenvalue weighted by molar-refractivity contribution is -0.127. The van der Waals surface area contributed by atoms with Crippen LogP contribution in [-0.2, 0) is 22.4 Å². The molecule has 0 saturated heterocycles. The third kappa shape index (κ3) is 5.09. The normalized spacial score (nSPS) is 27.2. The quantitative estimate of drug-likeness (QED) is 0.324. The van der Waals surface area contributed by atoms with E-state index in [1.54, 1.807) is 6.92 Å². The molecule has 1 atom stereocenters. The van der Waals surface area contributed by atoms with Gasteiger partial charge in [0, 0.05) is 23.9 Å². The van der Waals surface area contributed by atoms with Crippen LogP contribution in [0.25, 0.3) is 11.0 Å². The monoisotopic (exact) mass is 578 g/mol. The van der Waals surface area contributed by atoms with Crippen LogP contribution >= 0.6 is 15.9 Å². The van der Waals surface area contributed by atoms with Gasteiger partial charge in [0.2, 0.25) is 5.91 Å². The summed E-state index contributed by atoms with van der Waals surface area (Å²) < 4.78 is 12.6. The van der Waals surface area contributed by atoms with E-state index in [2.05, 4.69) is 26.6 Å². The second kappa shape index (κ2) is 10.4. The molecule has 4 bridgehead atoms. The fourth-order valence-corrected chi connectivity index (χ4v) is 7.90. The summed E-state index contributed by atoms with van der Waals surface area (Å²) in [6, 6.07) is 17.8. The molecule has 7 heteroatoms. The van der Waals surface area contributed by atoms with Crippen LogP contribution < -0.4 is 10.6 Å². The van der Waals surface area contributed by atoms with Gasteiger partial charge in [-0.05, 0) is 96.7 Å². The second-order valence-electron chi connectivity index (χ2n) is 11.8. The van der Waals surface area contributed by atoms with Crippen molar-refractivity contribution in [3.8, 4) is 0 Å². The van der Waals surface area contributed by atoms with Gasteiger partial charge < -0.3 is 19.8 Å². The van der Waals surface area contributed by atoms with Crippen LogP contribution in [0.2, 0.25) is 0 Å². The summed E-state index contributed by atoms with van der Waals surface area (Å²) in [6.07, 6.45) is 6.42. The molecule has 0 radical (unpaired) electrons. The number of benzene rings is 2. The van der Waals surface area contributed by atoms with Gasteiger partial charge in [-0.25, -0.2) is 4.79 Å². The predicted molar refractivity (Wildman–Crippen MR) is 150 cm³/mol. The smallest absolute Gasteiger partial charge is 0.408 e. The van der Waals surface area contributed by atoms with Crippen molar-refractivity contribution in [2.75, 3.05) is 6.54 Å². The molecule has 2 amide bonds. The van der Waals surface area contributed by atoms with E-state index in [0.717, 1.165) is 59.6 Å². The minimum atomic E-state index is -1.23. The Morgan fingerprint density at radius 2 is 1.63 bits per heavy atom. The summed E-state index contributed by atoms with van der Waals surface area (Å²) in [6.45, 7) is 2.25. The summed E-state index contributed by atoms with van der Waals surface area (Å²) in [7, 11) is 0. The molecule has 2 N–H and O–H groups in total. The predicted octanol–water partition coefficient (Wildman–Crippen LogP) is 6.41. The molecular weight excluding hydrogens is 544 g/mol. The molecule has 4 aliphatic carbocycles. The number of ether oxygens (including phenoxy) is 1. The second-order valence-corrected chi connectivity index (χ2v) is 12.5. The van der Waals surface area contributed by atoms with Gasteiger partial charge in [0.25, 0.3) is 0 Å². The van der Waals surface area contributed by atoms with Crippen molar-refractivity contribution in [1.29, 1.82) is 0 Å². The first kappa shape index (κ1) is 25.5. The highest BCUT2D eigenvalue weighted by Crippen LogP contribution is 2.54. The Morgan fingerprint density at radius 3 is 2.34 bits per heavy atom. The third-order valence-electron chi connectivity index (χ3n) is 8.98. The Kier molecular flexibility index (Phi) is 6.97. The van der Waals surface area contributed by atoms with Crippen LogP contribution in [0.1, 0.15) is 50.2 Å². The summed E-state index contributed by atoms with van der Waals surface area (Å²) in [4.78, 5) is 27.1. The van der Waals surface area contributed by atoms with E-state index >= 15 is 0 Å². The number of nitrogens with one attached hydrogen (secondary N) is 2. The van der Waals surface area contributed by atoms with E-state index < -0.39 is 11.6 Å². The molecular formula is C31H35BrN2O4. The van der Waals surface area contributed by atoms with Gasteiger partial charge in [-0.3, -0.25) is 4.79 Å². The number of carbonyl (C=O) groups is 2. The van der Waals surface area contributed by atoms with Gasteiger partial charge in [0.05, 0.1) is 0 Å². The van der Waals surface area contributed by atoms with E-state index in [9.17, 15) is 9.59 Å². The number of carbonyl (C=O) groups excluding carboxylic acids is 2. The van der Waals surface area contributed by atoms with Gasteiger partial charge in [-0.1, -0.05) is 48.5 Å². The van der Waals surface area contributed by atoms with E-state index in [1.165, 1.54) is 6.42 Å². The standard InChI is InChI=1S/C31H35BrN2O4/c1-31(29(35)33-12-11-19-7-3-2-4-8-19,18-25-24-9-5-6-10-26(24)37-28(25)32)34-30(36)38-27-22-14-20-13-21(16-22)17-23(27)15-20/h2-10,20-23,27H,11-18H2,1H3,(H,33,35)(H,34,36). The topological polar surface area (TPSA) is 80.6 Å². The Bertz CT molecular complexity index is 1290. The molecule has 3 aromatic rings. The molecule has 38 heavy (non-hydrogen) atoms. The molecule has 4 fully saturated rings. The van der Waals surface area contributed by atoms with E-state index in [0.29, 0.717) is 29.5 Å². The van der Waals surface area contributed by atoms with Crippen molar-refractivity contribution in [3.63, 3.8) is 0 Å². The van der Waals surface area contributed by atoms with Crippen molar-refractivity contribution in [3.05, 3.63) is 70.4 Å². The van der Waals surface area contributed by atoms with E-state index in [-0.39, 0.29) is 18.4 Å². The van der Waals surface area contributed by atoms with Gasteiger partial charge in [-0.2, -0.15) is 0 Å². The lowest BCUT2D eigenvalue weighted by Gasteiger charge is -2.53.